The third kappa shape index (κ3) is 5.14. The zero-order chi connectivity index (χ0) is 26.8. The number of ether oxygens (including phenoxy) is 3. The molecule has 11 heteroatoms. The predicted octanol–water partition coefficient (Wildman–Crippen LogP) is 3.62. The molecule has 4 aliphatic rings. The summed E-state index contributed by atoms with van der Waals surface area (Å²) < 4.78 is 77.1. The molecule has 0 N–H and O–H groups in total. The van der Waals surface area contributed by atoms with Gasteiger partial charge in [0, 0.05) is 17.3 Å². The SMILES string of the molecule is C[C@@H]1CC[C@@H]2[C@]3(C)COC(C)(C)O[C@@H]3CC[C@]2(C)[C@]12CC[C@](CCOS(C)(=O)=O)(COS(C)(=O)=O)O2. The summed E-state index contributed by atoms with van der Waals surface area (Å²) in [4.78, 5) is 0. The normalized spacial score (nSPS) is 44.8. The van der Waals surface area contributed by atoms with E-state index in [1.165, 1.54) is 0 Å². The maximum atomic E-state index is 11.9. The summed E-state index contributed by atoms with van der Waals surface area (Å²) in [5, 5.41) is 0. The first-order valence-electron chi connectivity index (χ1n) is 13.1. The fourth-order valence-corrected chi connectivity index (χ4v) is 8.76. The highest BCUT2D eigenvalue weighted by atomic mass is 32.2. The van der Waals surface area contributed by atoms with Crippen molar-refractivity contribution in [3.05, 3.63) is 0 Å². The minimum atomic E-state index is -3.71. The molecule has 0 amide bonds. The Hall–Kier alpha value is -0.300. The van der Waals surface area contributed by atoms with Gasteiger partial charge in [0.1, 0.15) is 0 Å². The van der Waals surface area contributed by atoms with Gasteiger partial charge in [-0.2, -0.15) is 16.8 Å². The van der Waals surface area contributed by atoms with Gasteiger partial charge in [0.15, 0.2) is 5.79 Å². The van der Waals surface area contributed by atoms with Crippen LogP contribution in [0.1, 0.15) is 79.6 Å². The van der Waals surface area contributed by atoms with E-state index in [-0.39, 0.29) is 42.5 Å². The molecule has 4 fully saturated rings. The molecule has 2 saturated heterocycles. The molecule has 2 aliphatic carbocycles. The van der Waals surface area contributed by atoms with E-state index in [1.54, 1.807) is 0 Å². The Balaban J connectivity index is 1.66. The first kappa shape index (κ1) is 28.7. The quantitative estimate of drug-likeness (QED) is 0.437. The van der Waals surface area contributed by atoms with E-state index in [0.29, 0.717) is 18.9 Å². The van der Waals surface area contributed by atoms with E-state index in [1.807, 2.05) is 13.8 Å². The van der Waals surface area contributed by atoms with Gasteiger partial charge >= 0.3 is 0 Å². The average Bonchev–Trinajstić information content (AvgIpc) is 3.12. The van der Waals surface area contributed by atoms with Crippen LogP contribution in [0.15, 0.2) is 0 Å². The van der Waals surface area contributed by atoms with Gasteiger partial charge in [-0.15, -0.1) is 0 Å². The van der Waals surface area contributed by atoms with Crippen molar-refractivity contribution in [2.45, 2.75) is 103 Å². The third-order valence-corrected chi connectivity index (χ3v) is 10.9. The highest BCUT2D eigenvalue weighted by Crippen LogP contribution is 2.69. The highest BCUT2D eigenvalue weighted by molar-refractivity contribution is 7.86. The average molecular weight is 553 g/mol. The van der Waals surface area contributed by atoms with Crippen molar-refractivity contribution >= 4 is 20.2 Å². The van der Waals surface area contributed by atoms with Gasteiger partial charge in [-0.1, -0.05) is 20.8 Å². The molecular formula is C25H44O9S2. The maximum absolute atomic E-state index is 11.9. The fourth-order valence-electron chi connectivity index (χ4n) is 7.94. The topological polar surface area (TPSA) is 114 Å². The number of hydrogen-bond donors (Lipinski definition) is 0. The summed E-state index contributed by atoms with van der Waals surface area (Å²) in [7, 11) is -7.34. The lowest BCUT2D eigenvalue weighted by Gasteiger charge is -2.67. The van der Waals surface area contributed by atoms with Gasteiger partial charge in [0.2, 0.25) is 0 Å². The summed E-state index contributed by atoms with van der Waals surface area (Å²) in [5.74, 6) is -0.0502. The molecule has 9 nitrogen and oxygen atoms in total. The molecule has 0 aromatic heterocycles. The summed E-state index contributed by atoms with van der Waals surface area (Å²) >= 11 is 0. The lowest BCUT2D eigenvalue weighted by Crippen LogP contribution is -2.69. The Labute approximate surface area is 217 Å². The zero-order valence-electron chi connectivity index (χ0n) is 22.8. The van der Waals surface area contributed by atoms with Crippen molar-refractivity contribution in [2.24, 2.45) is 22.7 Å². The van der Waals surface area contributed by atoms with E-state index in [4.69, 9.17) is 22.6 Å². The molecule has 2 heterocycles. The minimum Gasteiger partial charge on any atom is -0.365 e. The van der Waals surface area contributed by atoms with Crippen LogP contribution in [-0.4, -0.2) is 72.3 Å². The molecule has 0 aromatic carbocycles. The minimum absolute atomic E-state index is 0.0902. The number of rotatable bonds is 7. The van der Waals surface area contributed by atoms with Gasteiger partial charge in [-0.3, -0.25) is 8.37 Å². The Bertz CT molecular complexity index is 1060. The van der Waals surface area contributed by atoms with E-state index in [2.05, 4.69) is 20.8 Å². The first-order valence-corrected chi connectivity index (χ1v) is 16.7. The molecular weight excluding hydrogens is 508 g/mol. The van der Waals surface area contributed by atoms with Gasteiger partial charge < -0.3 is 14.2 Å². The second kappa shape index (κ2) is 9.13. The van der Waals surface area contributed by atoms with Crippen LogP contribution in [0.3, 0.4) is 0 Å². The fraction of sp³-hybridized carbons (Fsp3) is 1.00. The Kier molecular flexibility index (Phi) is 7.28. The predicted molar refractivity (Wildman–Crippen MR) is 134 cm³/mol. The molecule has 0 aromatic rings. The summed E-state index contributed by atoms with van der Waals surface area (Å²) in [6.45, 7) is 11.2. The number of fused-ring (bicyclic) bond motifs is 4. The Morgan fingerprint density at radius 1 is 0.889 bits per heavy atom. The van der Waals surface area contributed by atoms with Crippen LogP contribution in [0, 0.1) is 22.7 Å². The van der Waals surface area contributed by atoms with Crippen LogP contribution in [0.25, 0.3) is 0 Å². The van der Waals surface area contributed by atoms with Crippen LogP contribution in [0.2, 0.25) is 0 Å². The number of hydrogen-bond acceptors (Lipinski definition) is 9. The maximum Gasteiger partial charge on any atom is 0.264 e. The van der Waals surface area contributed by atoms with Crippen molar-refractivity contribution < 1.29 is 39.4 Å². The molecule has 0 unspecified atom stereocenters. The second-order valence-electron chi connectivity index (χ2n) is 12.7. The summed E-state index contributed by atoms with van der Waals surface area (Å²) in [6.07, 6.45) is 7.54. The van der Waals surface area contributed by atoms with Crippen LogP contribution >= 0.6 is 0 Å². The lowest BCUT2D eigenvalue weighted by atomic mass is 9.43. The van der Waals surface area contributed by atoms with Gasteiger partial charge in [-0.25, -0.2) is 0 Å². The van der Waals surface area contributed by atoms with Gasteiger partial charge in [0.25, 0.3) is 20.2 Å². The van der Waals surface area contributed by atoms with Gasteiger partial charge in [-0.05, 0) is 64.2 Å². The standard InChI is InChI=1S/C25H44O9S2/c1-18-8-9-19-22(4)16-30-21(2,3)33-20(22)10-11-23(19,5)25(18)13-12-24(34-25,17-32-36(7,28)29)14-15-31-35(6,26)27/h18-20H,8-17H2,1-7H3/t18-,19-,20-,22+,23+,24+,25+/m1/s1. The Morgan fingerprint density at radius 2 is 1.56 bits per heavy atom. The van der Waals surface area contributed by atoms with Crippen LogP contribution < -0.4 is 0 Å². The van der Waals surface area contributed by atoms with Crippen LogP contribution in [0.4, 0.5) is 0 Å². The van der Waals surface area contributed by atoms with Crippen LogP contribution in [0.5, 0.6) is 0 Å². The monoisotopic (exact) mass is 552 g/mol. The highest BCUT2D eigenvalue weighted by Gasteiger charge is 2.70. The molecule has 4 rings (SSSR count). The smallest absolute Gasteiger partial charge is 0.264 e. The first-order chi connectivity index (χ1) is 16.4. The van der Waals surface area contributed by atoms with E-state index >= 15 is 0 Å². The second-order valence-corrected chi connectivity index (χ2v) is 16.0. The van der Waals surface area contributed by atoms with Crippen molar-refractivity contribution in [1.82, 2.24) is 0 Å². The van der Waals surface area contributed by atoms with E-state index in [0.717, 1.165) is 44.6 Å². The summed E-state index contributed by atoms with van der Waals surface area (Å²) in [5.41, 5.74) is -1.80. The van der Waals surface area contributed by atoms with Crippen molar-refractivity contribution in [3.8, 4) is 0 Å². The molecule has 7 atom stereocenters. The molecule has 2 aliphatic heterocycles. The molecule has 0 radical (unpaired) electrons. The molecule has 0 bridgehead atoms. The van der Waals surface area contributed by atoms with Crippen molar-refractivity contribution in [2.75, 3.05) is 32.3 Å². The Morgan fingerprint density at radius 3 is 2.19 bits per heavy atom. The zero-order valence-corrected chi connectivity index (χ0v) is 24.4. The van der Waals surface area contributed by atoms with E-state index in [9.17, 15) is 16.8 Å². The largest absolute Gasteiger partial charge is 0.365 e. The van der Waals surface area contributed by atoms with E-state index < -0.39 is 37.2 Å². The third-order valence-electron chi connectivity index (χ3n) is 9.78. The van der Waals surface area contributed by atoms with Crippen LogP contribution in [-0.2, 0) is 42.8 Å². The molecule has 1 spiro atoms. The molecule has 2 saturated carbocycles. The van der Waals surface area contributed by atoms with Crippen molar-refractivity contribution in [3.63, 3.8) is 0 Å². The van der Waals surface area contributed by atoms with Crippen molar-refractivity contribution in [1.29, 1.82) is 0 Å². The van der Waals surface area contributed by atoms with Gasteiger partial charge in [0.05, 0.1) is 49.6 Å². The summed E-state index contributed by atoms with van der Waals surface area (Å²) in [6, 6.07) is 0. The molecule has 36 heavy (non-hydrogen) atoms. The lowest BCUT2D eigenvalue weighted by molar-refractivity contribution is -0.359. The molecule has 210 valence electrons.